The summed E-state index contributed by atoms with van der Waals surface area (Å²) in [5.74, 6) is -2.87. The van der Waals surface area contributed by atoms with Crippen LogP contribution in [0.1, 0.15) is 26.2 Å². The first-order chi connectivity index (χ1) is 23.1. The second kappa shape index (κ2) is 11.4. The number of aromatic nitrogens is 3. The van der Waals surface area contributed by atoms with Gasteiger partial charge in [-0.1, -0.05) is 30.8 Å². The summed E-state index contributed by atoms with van der Waals surface area (Å²) >= 11 is 0. The Balaban J connectivity index is 1.26. The van der Waals surface area contributed by atoms with Gasteiger partial charge in [-0.25, -0.2) is 17.6 Å². The van der Waals surface area contributed by atoms with Crippen LogP contribution in [0.2, 0.25) is 0 Å². The zero-order valence-electron chi connectivity index (χ0n) is 26.4. The van der Waals surface area contributed by atoms with Gasteiger partial charge in [0.2, 0.25) is 5.91 Å². The Morgan fingerprint density at radius 1 is 1.15 bits per heavy atom. The third kappa shape index (κ3) is 4.73. The van der Waals surface area contributed by atoms with Crippen LogP contribution in [-0.2, 0) is 9.53 Å². The van der Waals surface area contributed by atoms with E-state index in [4.69, 9.17) is 14.5 Å². The number of carbonyl (C=O) groups is 1. The number of piperazine rings is 1. The molecule has 4 fully saturated rings. The minimum atomic E-state index is -1.10. The zero-order valence-corrected chi connectivity index (χ0v) is 26.4. The standard InChI is InChI=1S/C35H34F4N6O3/c1-3-26(46)45-20(2)14-43(16-35(45)17-47-18-35)32-24-13-40-30(23-7-4-6-21-8-9-25(37)28(38)27(21)23)29(39)31(24)41-33(42-32)48-19-34-10-5-11-44(34)15-22(36)12-34/h3-4,6-9,13,20,22H,1,5,10-12,14-19H2,2H3/t20-,22?,34-/m0/s1. The van der Waals surface area contributed by atoms with E-state index in [9.17, 15) is 13.6 Å². The molecule has 0 radical (unpaired) electrons. The van der Waals surface area contributed by atoms with Gasteiger partial charge in [0.25, 0.3) is 0 Å². The van der Waals surface area contributed by atoms with Crippen molar-refractivity contribution >= 4 is 33.4 Å². The molecule has 9 nitrogen and oxygen atoms in total. The van der Waals surface area contributed by atoms with Crippen molar-refractivity contribution in [1.29, 1.82) is 0 Å². The number of anilines is 1. The SMILES string of the molecule is C=CC(=O)N1[C@@H](C)CN(c2nc(OC[C@@]34CCCN3CC(F)C4)nc3c(F)c(-c4cccc5ccc(F)c(F)c45)ncc23)CC12COC2. The number of hydrogen-bond donors (Lipinski definition) is 0. The largest absolute Gasteiger partial charge is 0.461 e. The number of hydrogen-bond acceptors (Lipinski definition) is 8. The summed E-state index contributed by atoms with van der Waals surface area (Å²) in [4.78, 5) is 32.5. The Morgan fingerprint density at radius 2 is 1.98 bits per heavy atom. The summed E-state index contributed by atoms with van der Waals surface area (Å²) in [6.07, 6.45) is 3.77. The van der Waals surface area contributed by atoms with Crippen molar-refractivity contribution in [2.24, 2.45) is 0 Å². The molecule has 0 aliphatic carbocycles. The van der Waals surface area contributed by atoms with E-state index in [0.717, 1.165) is 25.5 Å². The average Bonchev–Trinajstić information content (AvgIpc) is 3.59. The van der Waals surface area contributed by atoms with E-state index in [0.29, 0.717) is 50.5 Å². The molecule has 4 aliphatic rings. The van der Waals surface area contributed by atoms with Crippen LogP contribution >= 0.6 is 0 Å². The molecule has 250 valence electrons. The van der Waals surface area contributed by atoms with Crippen LogP contribution in [0.5, 0.6) is 6.01 Å². The lowest BCUT2D eigenvalue weighted by Crippen LogP contribution is -2.75. The summed E-state index contributed by atoms with van der Waals surface area (Å²) in [7, 11) is 0. The summed E-state index contributed by atoms with van der Waals surface area (Å²) in [6, 6.07) is 6.80. The Labute approximate surface area is 274 Å². The molecule has 13 heteroatoms. The Bertz CT molecular complexity index is 1970. The number of nitrogens with zero attached hydrogens (tertiary/aromatic N) is 6. The highest BCUT2D eigenvalue weighted by Crippen LogP contribution is 2.42. The van der Waals surface area contributed by atoms with Gasteiger partial charge in [-0.05, 0) is 43.8 Å². The van der Waals surface area contributed by atoms with Gasteiger partial charge in [-0.3, -0.25) is 14.7 Å². The van der Waals surface area contributed by atoms with E-state index in [2.05, 4.69) is 21.4 Å². The molecule has 6 heterocycles. The molecule has 8 rings (SSSR count). The molecule has 48 heavy (non-hydrogen) atoms. The molecule has 4 aromatic rings. The molecule has 0 saturated carbocycles. The fourth-order valence-electron chi connectivity index (χ4n) is 8.31. The van der Waals surface area contributed by atoms with Gasteiger partial charge in [0.1, 0.15) is 35.3 Å². The maximum Gasteiger partial charge on any atom is 0.319 e. The second-order valence-corrected chi connectivity index (χ2v) is 13.5. The summed E-state index contributed by atoms with van der Waals surface area (Å²) < 4.78 is 72.7. The first-order valence-corrected chi connectivity index (χ1v) is 16.2. The number of rotatable bonds is 6. The van der Waals surface area contributed by atoms with E-state index < -0.39 is 34.7 Å². The Morgan fingerprint density at radius 3 is 2.75 bits per heavy atom. The molecular formula is C35H34F4N6O3. The zero-order chi connectivity index (χ0) is 33.4. The van der Waals surface area contributed by atoms with E-state index >= 15 is 8.78 Å². The number of amides is 1. The van der Waals surface area contributed by atoms with Crippen LogP contribution in [-0.4, -0.2) is 99.9 Å². The molecule has 1 spiro atoms. The van der Waals surface area contributed by atoms with Gasteiger partial charge >= 0.3 is 6.01 Å². The second-order valence-electron chi connectivity index (χ2n) is 13.5. The highest BCUT2D eigenvalue weighted by Gasteiger charge is 2.53. The van der Waals surface area contributed by atoms with E-state index in [1.165, 1.54) is 24.4 Å². The van der Waals surface area contributed by atoms with Gasteiger partial charge in [0.05, 0.1) is 24.1 Å². The first-order valence-electron chi connectivity index (χ1n) is 16.2. The summed E-state index contributed by atoms with van der Waals surface area (Å²) in [5, 5.41) is 0.573. The number of ether oxygens (including phenoxy) is 2. The highest BCUT2D eigenvalue weighted by molar-refractivity contribution is 5.99. The maximum atomic E-state index is 16.8. The monoisotopic (exact) mass is 662 g/mol. The van der Waals surface area contributed by atoms with Crippen molar-refractivity contribution in [1.82, 2.24) is 24.8 Å². The Kier molecular flexibility index (Phi) is 7.33. The smallest absolute Gasteiger partial charge is 0.319 e. The van der Waals surface area contributed by atoms with Crippen molar-refractivity contribution in [3.05, 3.63) is 66.6 Å². The average molecular weight is 663 g/mol. The van der Waals surface area contributed by atoms with Crippen molar-refractivity contribution in [2.45, 2.75) is 49.5 Å². The molecular weight excluding hydrogens is 628 g/mol. The van der Waals surface area contributed by atoms with Gasteiger partial charge in [-0.2, -0.15) is 9.97 Å². The molecule has 2 aromatic carbocycles. The van der Waals surface area contributed by atoms with E-state index in [1.54, 1.807) is 17.0 Å². The number of carbonyl (C=O) groups excluding carboxylic acids is 1. The molecule has 1 unspecified atom stereocenters. The topological polar surface area (TPSA) is 83.9 Å². The number of alkyl halides is 1. The predicted octanol–water partition coefficient (Wildman–Crippen LogP) is 5.21. The van der Waals surface area contributed by atoms with E-state index in [1.807, 2.05) is 11.8 Å². The van der Waals surface area contributed by atoms with Crippen LogP contribution in [0.15, 0.2) is 49.2 Å². The van der Waals surface area contributed by atoms with Crippen LogP contribution < -0.4 is 9.64 Å². The molecule has 3 atom stereocenters. The lowest BCUT2D eigenvalue weighted by molar-refractivity contribution is -0.172. The molecule has 0 N–H and O–H groups in total. The van der Waals surface area contributed by atoms with Gasteiger partial charge in [0.15, 0.2) is 17.5 Å². The number of pyridine rings is 1. The molecule has 0 bridgehead atoms. The molecule has 1 amide bonds. The van der Waals surface area contributed by atoms with Gasteiger partial charge in [-0.15, -0.1) is 0 Å². The number of halogens is 4. The third-order valence-electron chi connectivity index (χ3n) is 10.4. The van der Waals surface area contributed by atoms with Crippen molar-refractivity contribution < 1.29 is 31.8 Å². The maximum absolute atomic E-state index is 16.8. The summed E-state index contributed by atoms with van der Waals surface area (Å²) in [5.41, 5.74) is -1.39. The summed E-state index contributed by atoms with van der Waals surface area (Å²) in [6.45, 7) is 8.13. The fourth-order valence-corrected chi connectivity index (χ4v) is 8.31. The molecule has 4 aliphatic heterocycles. The van der Waals surface area contributed by atoms with Gasteiger partial charge < -0.3 is 19.3 Å². The minimum Gasteiger partial charge on any atom is -0.461 e. The van der Waals surface area contributed by atoms with Crippen molar-refractivity contribution in [2.75, 3.05) is 50.9 Å². The van der Waals surface area contributed by atoms with Gasteiger partial charge in [0, 0.05) is 49.2 Å². The van der Waals surface area contributed by atoms with Crippen molar-refractivity contribution in [3.63, 3.8) is 0 Å². The van der Waals surface area contributed by atoms with Crippen LogP contribution in [0.25, 0.3) is 32.9 Å². The number of fused-ring (bicyclic) bond motifs is 3. The highest BCUT2D eigenvalue weighted by atomic mass is 19.2. The normalized spacial score (nSPS) is 25.1. The third-order valence-corrected chi connectivity index (χ3v) is 10.4. The quantitative estimate of drug-likeness (QED) is 0.206. The number of benzene rings is 2. The van der Waals surface area contributed by atoms with Crippen LogP contribution in [0.3, 0.4) is 0 Å². The lowest BCUT2D eigenvalue weighted by atomic mass is 9.88. The fraction of sp³-hybridized carbons (Fsp3) is 0.429. The molecule has 4 saturated heterocycles. The van der Waals surface area contributed by atoms with Crippen LogP contribution in [0, 0.1) is 17.5 Å². The minimum absolute atomic E-state index is 0.0719. The predicted molar refractivity (Wildman–Crippen MR) is 171 cm³/mol. The van der Waals surface area contributed by atoms with Crippen molar-refractivity contribution in [3.8, 4) is 17.3 Å². The first kappa shape index (κ1) is 30.9. The lowest BCUT2D eigenvalue weighted by Gasteiger charge is -2.57. The van der Waals surface area contributed by atoms with Crippen LogP contribution in [0.4, 0.5) is 23.4 Å². The van der Waals surface area contributed by atoms with E-state index in [-0.39, 0.29) is 52.1 Å². The molecule has 2 aromatic heterocycles. The Hall–Kier alpha value is -4.36.